The van der Waals surface area contributed by atoms with Gasteiger partial charge in [0.2, 0.25) is 15.4 Å². The number of oxazole rings is 1. The lowest BCUT2D eigenvalue weighted by Gasteiger charge is -2.18. The van der Waals surface area contributed by atoms with Gasteiger partial charge < -0.3 is 13.9 Å². The number of hydrogen-bond acceptors (Lipinski definition) is 7. The van der Waals surface area contributed by atoms with Crippen LogP contribution in [0.1, 0.15) is 33.8 Å². The quantitative estimate of drug-likeness (QED) is 0.0630. The van der Waals surface area contributed by atoms with Crippen LogP contribution in [0.15, 0.2) is 88.2 Å². The molecule has 3 aromatic carbocycles. The Morgan fingerprint density at radius 1 is 0.889 bits per heavy atom. The van der Waals surface area contributed by atoms with Gasteiger partial charge >= 0.3 is 18.1 Å². The summed E-state index contributed by atoms with van der Waals surface area (Å²) in [6.45, 7) is -0.774. The lowest BCUT2D eigenvalue weighted by molar-refractivity contribution is -0.153. The Labute approximate surface area is 275 Å². The third-order valence-corrected chi connectivity index (χ3v) is 7.61. The van der Waals surface area contributed by atoms with Gasteiger partial charge in [0.1, 0.15) is 19.0 Å². The van der Waals surface area contributed by atoms with Crippen LogP contribution in [0.3, 0.4) is 0 Å². The van der Waals surface area contributed by atoms with Gasteiger partial charge in [-0.05, 0) is 66.1 Å². The van der Waals surface area contributed by atoms with Gasteiger partial charge in [-0.1, -0.05) is 77.3 Å². The smallest absolute Gasteiger partial charge is 0.452 e. The van der Waals surface area contributed by atoms with E-state index >= 15 is 0 Å². The highest BCUT2D eigenvalue weighted by molar-refractivity contribution is 7.99. The van der Waals surface area contributed by atoms with Crippen molar-refractivity contribution >= 4 is 58.5 Å². The Kier molecular flexibility index (Phi) is 11.8. The Morgan fingerprint density at radius 2 is 1.53 bits per heavy atom. The minimum atomic E-state index is -4.97. The van der Waals surface area contributed by atoms with Crippen LogP contribution in [0.2, 0.25) is 0 Å². The summed E-state index contributed by atoms with van der Waals surface area (Å²) in [4.78, 5) is 30.0. The van der Waals surface area contributed by atoms with Crippen LogP contribution in [-0.2, 0) is 33.5 Å². The zero-order valence-corrected chi connectivity index (χ0v) is 26.2. The number of rotatable bonds is 12. The minimum absolute atomic E-state index is 0.263. The summed E-state index contributed by atoms with van der Waals surface area (Å²) in [5.74, 6) is -4.23. The van der Waals surface area contributed by atoms with Crippen LogP contribution in [0.25, 0.3) is 11.5 Å². The maximum Gasteiger partial charge on any atom is 0.452 e. The molecule has 0 amide bonds. The van der Waals surface area contributed by atoms with Gasteiger partial charge in [-0.15, -0.1) is 11.8 Å². The zero-order chi connectivity index (χ0) is 32.6. The number of carbonyl (C=O) groups is 2. The van der Waals surface area contributed by atoms with E-state index in [1.165, 1.54) is 36.0 Å². The Bertz CT molecular complexity index is 1580. The van der Waals surface area contributed by atoms with Crippen molar-refractivity contribution in [2.24, 2.45) is 5.92 Å². The van der Waals surface area contributed by atoms with E-state index in [2.05, 4.69) is 4.98 Å². The van der Waals surface area contributed by atoms with Crippen molar-refractivity contribution in [2.75, 3.05) is 12.4 Å². The van der Waals surface area contributed by atoms with Crippen molar-refractivity contribution in [3.05, 3.63) is 107 Å². The van der Waals surface area contributed by atoms with Gasteiger partial charge in [-0.3, -0.25) is 4.79 Å². The molecule has 0 aliphatic rings. The summed E-state index contributed by atoms with van der Waals surface area (Å²) in [5, 5.41) is 0. The number of aromatic nitrogens is 1. The summed E-state index contributed by atoms with van der Waals surface area (Å²) < 4.78 is 67.4. The van der Waals surface area contributed by atoms with Gasteiger partial charge in [0.05, 0.1) is 5.92 Å². The molecule has 14 heteroatoms. The maximum atomic E-state index is 13.6. The molecule has 4 aromatic rings. The van der Waals surface area contributed by atoms with Gasteiger partial charge in [0.15, 0.2) is 5.69 Å². The minimum Gasteiger partial charge on any atom is -0.461 e. The predicted molar refractivity (Wildman–Crippen MR) is 163 cm³/mol. The second kappa shape index (κ2) is 15.4. The molecule has 0 radical (unpaired) electrons. The van der Waals surface area contributed by atoms with Crippen molar-refractivity contribution in [2.45, 2.75) is 34.3 Å². The first kappa shape index (κ1) is 34.6. The van der Waals surface area contributed by atoms with E-state index in [0.29, 0.717) is 17.7 Å². The van der Waals surface area contributed by atoms with Crippen molar-refractivity contribution in [1.82, 2.24) is 4.98 Å². The lowest BCUT2D eigenvalue weighted by Crippen LogP contribution is -2.25. The SMILES string of the molecule is O=C(OCc1ccc(CC(CCSc2ccc(F)cc2)C(=O)OCC(Cl)(Cl)Cl)cc1)c1nc(-c2ccccc2)oc1C(F)(F)F. The molecule has 0 saturated heterocycles. The summed E-state index contributed by atoms with van der Waals surface area (Å²) in [6, 6.07) is 20.4. The number of hydrogen-bond donors (Lipinski definition) is 0. The first-order chi connectivity index (χ1) is 21.3. The van der Waals surface area contributed by atoms with Crippen LogP contribution in [0.5, 0.6) is 0 Å². The fourth-order valence-electron chi connectivity index (χ4n) is 4.05. The molecule has 1 heterocycles. The Balaban J connectivity index is 1.39. The Morgan fingerprint density at radius 3 is 2.16 bits per heavy atom. The highest BCUT2D eigenvalue weighted by atomic mass is 35.6. The van der Waals surface area contributed by atoms with E-state index in [4.69, 9.17) is 48.7 Å². The number of carbonyl (C=O) groups excluding carboxylic acids is 2. The normalized spacial score (nSPS) is 12.5. The van der Waals surface area contributed by atoms with E-state index in [-0.39, 0.29) is 30.3 Å². The number of esters is 2. The second-order valence-electron chi connectivity index (χ2n) is 9.67. The van der Waals surface area contributed by atoms with E-state index in [1.807, 2.05) is 0 Å². The third-order valence-electron chi connectivity index (χ3n) is 6.23. The molecule has 1 aromatic heterocycles. The highest BCUT2D eigenvalue weighted by Gasteiger charge is 2.42. The maximum absolute atomic E-state index is 13.6. The number of ether oxygens (including phenoxy) is 2. The van der Waals surface area contributed by atoms with Gasteiger partial charge in [-0.2, -0.15) is 13.2 Å². The molecule has 238 valence electrons. The number of nitrogens with zero attached hydrogens (tertiary/aromatic N) is 1. The van der Waals surface area contributed by atoms with Crippen molar-refractivity contribution < 1.29 is 41.0 Å². The molecule has 0 bridgehead atoms. The molecular weight excluding hydrogens is 681 g/mol. The summed E-state index contributed by atoms with van der Waals surface area (Å²) in [7, 11) is 0. The zero-order valence-electron chi connectivity index (χ0n) is 23.2. The number of alkyl halides is 6. The molecule has 0 fully saturated rings. The molecule has 0 aliphatic carbocycles. The molecule has 6 nitrogen and oxygen atoms in total. The summed E-state index contributed by atoms with van der Waals surface area (Å²) in [5.41, 5.74) is 0.500. The first-order valence-corrected chi connectivity index (χ1v) is 15.4. The first-order valence-electron chi connectivity index (χ1n) is 13.3. The van der Waals surface area contributed by atoms with Crippen LogP contribution in [-0.4, -0.2) is 33.1 Å². The van der Waals surface area contributed by atoms with Crippen LogP contribution in [0.4, 0.5) is 17.6 Å². The van der Waals surface area contributed by atoms with Crippen molar-refractivity contribution in [3.8, 4) is 11.5 Å². The second-order valence-corrected chi connectivity index (χ2v) is 13.4. The van der Waals surface area contributed by atoms with Crippen LogP contribution in [0, 0.1) is 11.7 Å². The van der Waals surface area contributed by atoms with E-state index < -0.39 is 45.9 Å². The average molecular weight is 705 g/mol. The topological polar surface area (TPSA) is 78.6 Å². The molecule has 45 heavy (non-hydrogen) atoms. The number of benzene rings is 3. The van der Waals surface area contributed by atoms with E-state index in [1.54, 1.807) is 54.6 Å². The predicted octanol–water partition coefficient (Wildman–Crippen LogP) is 9.11. The molecule has 0 aliphatic heterocycles. The third kappa shape index (κ3) is 10.7. The lowest BCUT2D eigenvalue weighted by atomic mass is 9.96. The van der Waals surface area contributed by atoms with Gasteiger partial charge in [-0.25, -0.2) is 14.2 Å². The fraction of sp³-hybridized carbons (Fsp3) is 0.258. The molecule has 0 saturated carbocycles. The summed E-state index contributed by atoms with van der Waals surface area (Å²) in [6.07, 6.45) is -4.31. The van der Waals surface area contributed by atoms with E-state index in [9.17, 15) is 27.2 Å². The molecule has 0 spiro atoms. The summed E-state index contributed by atoms with van der Waals surface area (Å²) >= 11 is 18.6. The van der Waals surface area contributed by atoms with Crippen molar-refractivity contribution in [1.29, 1.82) is 0 Å². The number of thioether (sulfide) groups is 1. The average Bonchev–Trinajstić information content (AvgIpc) is 3.47. The van der Waals surface area contributed by atoms with Gasteiger partial charge in [0.25, 0.3) is 0 Å². The standard InChI is InChI=1S/C31H24Cl3F4NO5S/c32-30(33,34)18-43-28(40)22(14-15-45-24-12-10-23(35)11-13-24)16-19-6-8-20(9-7-19)17-42-29(41)25-26(31(36,37)38)44-27(39-25)21-4-2-1-3-5-21/h1-13,22H,14-18H2. The monoisotopic (exact) mass is 703 g/mol. The largest absolute Gasteiger partial charge is 0.461 e. The van der Waals surface area contributed by atoms with Crippen molar-refractivity contribution in [3.63, 3.8) is 0 Å². The molecule has 1 unspecified atom stereocenters. The molecule has 4 rings (SSSR count). The molecule has 0 N–H and O–H groups in total. The highest BCUT2D eigenvalue weighted by Crippen LogP contribution is 2.36. The molecular formula is C31H24Cl3F4NO5S. The molecule has 1 atom stereocenters. The number of halogens is 7. The fourth-order valence-corrected chi connectivity index (χ4v) is 5.18. The van der Waals surface area contributed by atoms with Crippen LogP contribution >= 0.6 is 46.6 Å². The van der Waals surface area contributed by atoms with Gasteiger partial charge in [0, 0.05) is 10.5 Å². The Hall–Kier alpha value is -3.25. The van der Waals surface area contributed by atoms with Crippen LogP contribution < -0.4 is 0 Å². The van der Waals surface area contributed by atoms with E-state index in [0.717, 1.165) is 10.5 Å².